The second-order valence-corrected chi connectivity index (χ2v) is 7.30. The number of nitrogens with zero attached hydrogens (tertiary/aromatic N) is 2. The highest BCUT2D eigenvalue weighted by molar-refractivity contribution is 8.00. The van der Waals surface area contributed by atoms with Crippen LogP contribution in [-0.4, -0.2) is 21.4 Å². The molecule has 1 atom stereocenters. The molecule has 0 saturated carbocycles. The van der Waals surface area contributed by atoms with Crippen LogP contribution in [0.25, 0.3) is 11.5 Å². The third-order valence-electron chi connectivity index (χ3n) is 3.24. The predicted molar refractivity (Wildman–Crippen MR) is 100 cm³/mol. The number of aromatic nitrogens is 2. The van der Waals surface area contributed by atoms with Gasteiger partial charge < -0.3 is 9.73 Å². The lowest BCUT2D eigenvalue weighted by atomic mass is 10.2. The number of amides is 1. The summed E-state index contributed by atoms with van der Waals surface area (Å²) in [4.78, 5) is 12.3. The van der Waals surface area contributed by atoms with E-state index in [1.165, 1.54) is 11.8 Å². The molecule has 3 rings (SSSR count). The minimum absolute atomic E-state index is 0.182. The van der Waals surface area contributed by atoms with Gasteiger partial charge in [0, 0.05) is 21.3 Å². The molecule has 0 spiro atoms. The van der Waals surface area contributed by atoms with E-state index in [2.05, 4.69) is 15.5 Å². The number of halogens is 2. The van der Waals surface area contributed by atoms with Crippen LogP contribution in [-0.2, 0) is 4.79 Å². The van der Waals surface area contributed by atoms with Crippen LogP contribution in [0.1, 0.15) is 6.92 Å². The maximum atomic E-state index is 12.3. The first-order chi connectivity index (χ1) is 12.0. The van der Waals surface area contributed by atoms with Crippen LogP contribution < -0.4 is 5.32 Å². The fourth-order valence-corrected chi connectivity index (χ4v) is 2.98. The molecule has 0 radical (unpaired) electrons. The van der Waals surface area contributed by atoms with Crippen molar-refractivity contribution in [3.8, 4) is 11.5 Å². The Bertz CT molecular complexity index is 884. The Morgan fingerprint density at radius 1 is 1.12 bits per heavy atom. The summed E-state index contributed by atoms with van der Waals surface area (Å²) < 4.78 is 5.60. The first-order valence-corrected chi connectivity index (χ1v) is 8.97. The molecule has 25 heavy (non-hydrogen) atoms. The predicted octanol–water partition coefficient (Wildman–Crippen LogP) is 5.16. The molecule has 1 unspecified atom stereocenters. The van der Waals surface area contributed by atoms with Crippen molar-refractivity contribution in [3.63, 3.8) is 0 Å². The van der Waals surface area contributed by atoms with Gasteiger partial charge in [-0.25, -0.2) is 0 Å². The molecule has 8 heteroatoms. The van der Waals surface area contributed by atoms with Crippen molar-refractivity contribution in [2.75, 3.05) is 5.32 Å². The third kappa shape index (κ3) is 4.75. The van der Waals surface area contributed by atoms with Crippen molar-refractivity contribution in [1.82, 2.24) is 10.2 Å². The first-order valence-electron chi connectivity index (χ1n) is 7.34. The molecule has 0 bridgehead atoms. The van der Waals surface area contributed by atoms with Gasteiger partial charge >= 0.3 is 0 Å². The molecule has 2 aromatic carbocycles. The molecule has 0 aliphatic heterocycles. The van der Waals surface area contributed by atoms with Crippen LogP contribution in [0.3, 0.4) is 0 Å². The van der Waals surface area contributed by atoms with Gasteiger partial charge in [0.15, 0.2) is 0 Å². The van der Waals surface area contributed by atoms with Gasteiger partial charge in [-0.1, -0.05) is 41.0 Å². The van der Waals surface area contributed by atoms with Crippen molar-refractivity contribution in [2.45, 2.75) is 17.4 Å². The normalized spacial score (nSPS) is 12.0. The molecular weight excluding hydrogens is 381 g/mol. The monoisotopic (exact) mass is 393 g/mol. The van der Waals surface area contributed by atoms with E-state index in [-0.39, 0.29) is 5.91 Å². The fraction of sp³-hybridized carbons (Fsp3) is 0.118. The molecular formula is C17H13Cl2N3O2S. The molecule has 5 nitrogen and oxygen atoms in total. The van der Waals surface area contributed by atoms with Crippen molar-refractivity contribution < 1.29 is 9.21 Å². The first kappa shape index (κ1) is 17.8. The highest BCUT2D eigenvalue weighted by Gasteiger charge is 2.19. The van der Waals surface area contributed by atoms with E-state index in [9.17, 15) is 4.79 Å². The standard InChI is InChI=1S/C17H13Cl2N3O2S/c1-10(15(23)20-14-4-2-3-13(19)9-14)25-17-22-21-16(24-17)11-5-7-12(18)8-6-11/h2-10H,1H3,(H,20,23). The second-order valence-electron chi connectivity index (χ2n) is 5.14. The van der Waals surface area contributed by atoms with Gasteiger partial charge in [-0.3, -0.25) is 4.79 Å². The Morgan fingerprint density at radius 2 is 1.88 bits per heavy atom. The lowest BCUT2D eigenvalue weighted by molar-refractivity contribution is -0.115. The Balaban J connectivity index is 1.63. The number of benzene rings is 2. The fourth-order valence-electron chi connectivity index (χ4n) is 1.98. The van der Waals surface area contributed by atoms with Gasteiger partial charge in [-0.05, 0) is 49.4 Å². The maximum absolute atomic E-state index is 12.3. The zero-order valence-corrected chi connectivity index (χ0v) is 15.4. The summed E-state index contributed by atoms with van der Waals surface area (Å²) in [7, 11) is 0. The van der Waals surface area contributed by atoms with E-state index >= 15 is 0 Å². The molecule has 1 N–H and O–H groups in total. The van der Waals surface area contributed by atoms with Crippen molar-refractivity contribution in [3.05, 3.63) is 58.6 Å². The summed E-state index contributed by atoms with van der Waals surface area (Å²) in [5.41, 5.74) is 1.40. The lowest BCUT2D eigenvalue weighted by Crippen LogP contribution is -2.22. The molecule has 1 aromatic heterocycles. The van der Waals surface area contributed by atoms with Crippen LogP contribution >= 0.6 is 35.0 Å². The molecule has 3 aromatic rings. The second kappa shape index (κ2) is 7.91. The van der Waals surface area contributed by atoms with E-state index in [0.29, 0.717) is 26.8 Å². The van der Waals surface area contributed by atoms with E-state index < -0.39 is 5.25 Å². The minimum atomic E-state index is -0.419. The van der Waals surface area contributed by atoms with Crippen molar-refractivity contribution in [1.29, 1.82) is 0 Å². The number of thioether (sulfide) groups is 1. The van der Waals surface area contributed by atoms with Gasteiger partial charge in [-0.2, -0.15) is 0 Å². The molecule has 1 amide bonds. The Labute approximate surface area is 158 Å². The van der Waals surface area contributed by atoms with E-state index in [4.69, 9.17) is 27.6 Å². The summed E-state index contributed by atoms with van der Waals surface area (Å²) >= 11 is 13.0. The van der Waals surface area contributed by atoms with Crippen molar-refractivity contribution in [2.24, 2.45) is 0 Å². The summed E-state index contributed by atoms with van der Waals surface area (Å²) in [6.07, 6.45) is 0. The van der Waals surface area contributed by atoms with Gasteiger partial charge in [0.05, 0.1) is 5.25 Å². The quantitative estimate of drug-likeness (QED) is 0.606. The third-order valence-corrected chi connectivity index (χ3v) is 4.66. The number of nitrogens with one attached hydrogen (secondary N) is 1. The number of rotatable bonds is 5. The van der Waals surface area contributed by atoms with Crippen molar-refractivity contribution >= 4 is 46.6 Å². The Hall–Kier alpha value is -2.02. The smallest absolute Gasteiger partial charge is 0.277 e. The number of anilines is 1. The van der Waals surface area contributed by atoms with Gasteiger partial charge in [0.1, 0.15) is 0 Å². The van der Waals surface area contributed by atoms with Crippen LogP contribution in [0.15, 0.2) is 58.2 Å². The zero-order valence-electron chi connectivity index (χ0n) is 13.1. The van der Waals surface area contributed by atoms with E-state index in [0.717, 1.165) is 5.56 Å². The van der Waals surface area contributed by atoms with E-state index in [1.807, 2.05) is 0 Å². The summed E-state index contributed by atoms with van der Waals surface area (Å²) in [5, 5.41) is 11.8. The Kier molecular flexibility index (Phi) is 5.63. The number of hydrogen-bond donors (Lipinski definition) is 1. The number of carbonyl (C=O) groups excluding carboxylic acids is 1. The van der Waals surface area contributed by atoms with E-state index in [1.54, 1.807) is 55.5 Å². The largest absolute Gasteiger partial charge is 0.411 e. The average molecular weight is 394 g/mol. The summed E-state index contributed by atoms with van der Waals surface area (Å²) in [6, 6.07) is 14.0. The van der Waals surface area contributed by atoms with Gasteiger partial charge in [-0.15, -0.1) is 10.2 Å². The van der Waals surface area contributed by atoms with Crippen LogP contribution in [0.5, 0.6) is 0 Å². The molecule has 0 saturated heterocycles. The van der Waals surface area contributed by atoms with Crippen LogP contribution in [0, 0.1) is 0 Å². The zero-order chi connectivity index (χ0) is 17.8. The highest BCUT2D eigenvalue weighted by atomic mass is 35.5. The number of hydrogen-bond acceptors (Lipinski definition) is 5. The molecule has 128 valence electrons. The number of carbonyl (C=O) groups is 1. The molecule has 0 fully saturated rings. The molecule has 0 aliphatic carbocycles. The molecule has 1 heterocycles. The van der Waals surface area contributed by atoms with Gasteiger partial charge in [0.2, 0.25) is 11.8 Å². The highest BCUT2D eigenvalue weighted by Crippen LogP contribution is 2.27. The lowest BCUT2D eigenvalue weighted by Gasteiger charge is -2.09. The molecule has 0 aliphatic rings. The maximum Gasteiger partial charge on any atom is 0.277 e. The van der Waals surface area contributed by atoms with Gasteiger partial charge in [0.25, 0.3) is 5.22 Å². The van der Waals surface area contributed by atoms with Crippen LogP contribution in [0.4, 0.5) is 5.69 Å². The van der Waals surface area contributed by atoms with Crippen LogP contribution in [0.2, 0.25) is 10.0 Å². The Morgan fingerprint density at radius 3 is 2.60 bits per heavy atom. The topological polar surface area (TPSA) is 68.0 Å². The summed E-state index contributed by atoms with van der Waals surface area (Å²) in [6.45, 7) is 1.76. The average Bonchev–Trinajstić information content (AvgIpc) is 3.04. The SMILES string of the molecule is CC(Sc1nnc(-c2ccc(Cl)cc2)o1)C(=O)Nc1cccc(Cl)c1. The minimum Gasteiger partial charge on any atom is -0.411 e. The summed E-state index contributed by atoms with van der Waals surface area (Å²) in [5.74, 6) is 0.195.